The van der Waals surface area contributed by atoms with Gasteiger partial charge in [0.1, 0.15) is 6.61 Å². The van der Waals surface area contributed by atoms with Crippen molar-refractivity contribution >= 4 is 31.2 Å². The molecule has 0 bridgehead atoms. The van der Waals surface area contributed by atoms with E-state index in [1.165, 1.54) is 6.08 Å². The van der Waals surface area contributed by atoms with E-state index in [9.17, 15) is 4.79 Å². The van der Waals surface area contributed by atoms with E-state index in [-0.39, 0.29) is 12.6 Å². The fourth-order valence-electron chi connectivity index (χ4n) is 2.77. The van der Waals surface area contributed by atoms with Crippen molar-refractivity contribution in [2.75, 3.05) is 33.0 Å². The highest BCUT2D eigenvalue weighted by molar-refractivity contribution is 6.87. The van der Waals surface area contributed by atoms with Crippen LogP contribution in [0.5, 0.6) is 0 Å². The van der Waals surface area contributed by atoms with E-state index in [1.54, 1.807) is 13.0 Å². The van der Waals surface area contributed by atoms with E-state index in [1.807, 2.05) is 0 Å². The summed E-state index contributed by atoms with van der Waals surface area (Å²) in [4.78, 5) is 11.1. The molecule has 0 saturated carbocycles. The van der Waals surface area contributed by atoms with Gasteiger partial charge in [0.05, 0.1) is 6.61 Å². The molecule has 0 aliphatic heterocycles. The van der Waals surface area contributed by atoms with E-state index in [0.29, 0.717) is 26.4 Å². The summed E-state index contributed by atoms with van der Waals surface area (Å²) in [5.41, 5.74) is 0. The minimum Gasteiger partial charge on any atom is -0.460 e. The summed E-state index contributed by atoms with van der Waals surface area (Å²) in [6.45, 7) is 20.0. The van der Waals surface area contributed by atoms with E-state index in [4.69, 9.17) is 22.4 Å². The zero-order valence-electron chi connectivity index (χ0n) is 19.3. The molecule has 0 spiro atoms. The molecule has 28 heavy (non-hydrogen) atoms. The van der Waals surface area contributed by atoms with Crippen LogP contribution in [0.25, 0.3) is 0 Å². The molecule has 0 saturated heterocycles. The van der Waals surface area contributed by atoms with Crippen molar-refractivity contribution in [3.8, 4) is 0 Å². The highest BCUT2D eigenvalue weighted by atomic mass is 28.5. The number of allylic oxidation sites excluding steroid dienone is 1. The Morgan fingerprint density at radius 1 is 0.750 bits per heavy atom. The first-order valence-corrected chi connectivity index (χ1v) is 19.6. The zero-order valence-corrected chi connectivity index (χ0v) is 22.3. The Bertz CT molecular complexity index is 442. The van der Waals surface area contributed by atoms with Gasteiger partial charge in [-0.05, 0) is 71.6 Å². The van der Waals surface area contributed by atoms with Crippen LogP contribution in [0.1, 0.15) is 19.8 Å². The van der Waals surface area contributed by atoms with Gasteiger partial charge in [-0.1, -0.05) is 6.08 Å². The van der Waals surface area contributed by atoms with Crippen LogP contribution in [0.2, 0.25) is 51.9 Å². The van der Waals surface area contributed by atoms with E-state index >= 15 is 0 Å². The van der Waals surface area contributed by atoms with Gasteiger partial charge in [0.2, 0.25) is 0 Å². The SMILES string of the molecule is CC=CC(=O)OCCOCCCOCCC[Si](C)(O[Si](C)(C)C)O[Si](C)(C)C. The molecule has 0 aromatic carbocycles. The highest BCUT2D eigenvalue weighted by Crippen LogP contribution is 2.25. The maximum absolute atomic E-state index is 11.1. The first-order valence-electron chi connectivity index (χ1n) is 10.2. The molecule has 166 valence electrons. The van der Waals surface area contributed by atoms with Crippen molar-refractivity contribution in [2.45, 2.75) is 71.6 Å². The summed E-state index contributed by atoms with van der Waals surface area (Å²) in [6.07, 6.45) is 4.83. The lowest BCUT2D eigenvalue weighted by atomic mass is 10.5. The van der Waals surface area contributed by atoms with Crippen LogP contribution in [0.4, 0.5) is 0 Å². The maximum atomic E-state index is 11.1. The van der Waals surface area contributed by atoms with Gasteiger partial charge < -0.3 is 22.4 Å². The third kappa shape index (κ3) is 17.8. The third-order valence-corrected chi connectivity index (χ3v) is 12.9. The number of hydrogen-bond donors (Lipinski definition) is 0. The molecule has 0 aromatic heterocycles. The van der Waals surface area contributed by atoms with Gasteiger partial charge >= 0.3 is 14.5 Å². The molecule has 0 rings (SSSR count). The van der Waals surface area contributed by atoms with E-state index in [2.05, 4.69) is 45.8 Å². The average molecular weight is 451 g/mol. The van der Waals surface area contributed by atoms with Gasteiger partial charge in [0.25, 0.3) is 0 Å². The Kier molecular flexibility index (Phi) is 13.7. The minimum absolute atomic E-state index is 0.279. The van der Waals surface area contributed by atoms with Gasteiger partial charge in [-0.15, -0.1) is 0 Å². The fraction of sp³-hybridized carbons (Fsp3) is 0.842. The second kappa shape index (κ2) is 13.8. The quantitative estimate of drug-likeness (QED) is 0.147. The molecule has 0 radical (unpaired) electrons. The van der Waals surface area contributed by atoms with Crippen molar-refractivity contribution in [1.29, 1.82) is 0 Å². The van der Waals surface area contributed by atoms with Crippen LogP contribution >= 0.6 is 0 Å². The van der Waals surface area contributed by atoms with E-state index < -0.39 is 25.2 Å². The van der Waals surface area contributed by atoms with Crippen molar-refractivity contribution in [3.05, 3.63) is 12.2 Å². The number of carbonyl (C=O) groups excluding carboxylic acids is 1. The highest BCUT2D eigenvalue weighted by Gasteiger charge is 2.39. The summed E-state index contributed by atoms with van der Waals surface area (Å²) >= 11 is 0. The van der Waals surface area contributed by atoms with Gasteiger partial charge in [0, 0.05) is 25.9 Å². The summed E-state index contributed by atoms with van der Waals surface area (Å²) in [7, 11) is -5.42. The molecular formula is C19H42O6Si3. The van der Waals surface area contributed by atoms with Crippen LogP contribution < -0.4 is 0 Å². The van der Waals surface area contributed by atoms with E-state index in [0.717, 1.165) is 18.9 Å². The predicted octanol–water partition coefficient (Wildman–Crippen LogP) is 4.69. The topological polar surface area (TPSA) is 63.2 Å². The minimum atomic E-state index is -2.15. The van der Waals surface area contributed by atoms with Gasteiger partial charge in [-0.2, -0.15) is 0 Å². The normalized spacial score (nSPS) is 13.3. The lowest BCUT2D eigenvalue weighted by Crippen LogP contribution is -2.52. The smallest absolute Gasteiger partial charge is 0.330 e. The van der Waals surface area contributed by atoms with Crippen LogP contribution in [0.3, 0.4) is 0 Å². The van der Waals surface area contributed by atoms with Crippen molar-refractivity contribution in [1.82, 2.24) is 0 Å². The first-order chi connectivity index (χ1) is 12.9. The summed E-state index contributed by atoms with van der Waals surface area (Å²) in [5, 5.41) is 0. The number of rotatable bonds is 16. The third-order valence-electron chi connectivity index (χ3n) is 3.32. The van der Waals surface area contributed by atoms with Gasteiger partial charge in [-0.3, -0.25) is 0 Å². The number of ether oxygens (including phenoxy) is 3. The van der Waals surface area contributed by atoms with Crippen molar-refractivity contribution in [2.24, 2.45) is 0 Å². The lowest BCUT2D eigenvalue weighted by molar-refractivity contribution is -0.139. The fourth-order valence-corrected chi connectivity index (χ4v) is 15.3. The molecule has 6 nitrogen and oxygen atoms in total. The van der Waals surface area contributed by atoms with Crippen LogP contribution in [0.15, 0.2) is 12.2 Å². The monoisotopic (exact) mass is 450 g/mol. The molecule has 0 heterocycles. The second-order valence-corrected chi connectivity index (χ2v) is 21.8. The molecule has 0 fully saturated rings. The summed E-state index contributed by atoms with van der Waals surface area (Å²) in [5.74, 6) is -0.332. The van der Waals surface area contributed by atoms with Crippen LogP contribution in [-0.4, -0.2) is 64.2 Å². The van der Waals surface area contributed by atoms with Crippen molar-refractivity contribution in [3.63, 3.8) is 0 Å². The largest absolute Gasteiger partial charge is 0.460 e. The standard InChI is InChI=1S/C19H42O6Si3/c1-9-12-19(20)23-17-16-22-14-10-13-21-15-11-18-28(8,24-26(2,3)4)25-27(5,6)7/h9,12H,10-11,13-18H2,1-8H3. The number of carbonyl (C=O) groups is 1. The first kappa shape index (κ1) is 27.7. The molecule has 0 amide bonds. The molecule has 0 aromatic rings. The van der Waals surface area contributed by atoms with Crippen LogP contribution in [-0.2, 0) is 27.2 Å². The Morgan fingerprint density at radius 2 is 1.25 bits per heavy atom. The summed E-state index contributed by atoms with van der Waals surface area (Å²) in [6, 6.07) is 0.968. The second-order valence-electron chi connectivity index (χ2n) is 8.91. The molecule has 0 aliphatic carbocycles. The average Bonchev–Trinajstić information content (AvgIpc) is 2.49. The van der Waals surface area contributed by atoms with Gasteiger partial charge in [0.15, 0.2) is 16.6 Å². The molecule has 9 heteroatoms. The molecule has 0 unspecified atom stereocenters. The maximum Gasteiger partial charge on any atom is 0.330 e. The van der Waals surface area contributed by atoms with Crippen LogP contribution in [0, 0.1) is 0 Å². The number of esters is 1. The lowest BCUT2D eigenvalue weighted by Gasteiger charge is -2.38. The Hall–Kier alpha value is -0.299. The molecule has 0 atom stereocenters. The molecular weight excluding hydrogens is 408 g/mol. The zero-order chi connectivity index (χ0) is 21.7. The Labute approximate surface area is 175 Å². The van der Waals surface area contributed by atoms with Gasteiger partial charge in [-0.25, -0.2) is 4.79 Å². The Morgan fingerprint density at radius 3 is 1.75 bits per heavy atom. The summed E-state index contributed by atoms with van der Waals surface area (Å²) < 4.78 is 29.1. The predicted molar refractivity (Wildman–Crippen MR) is 122 cm³/mol. The molecule has 0 N–H and O–H groups in total. The Balaban J connectivity index is 3.87. The van der Waals surface area contributed by atoms with Crippen molar-refractivity contribution < 1.29 is 27.2 Å². The molecule has 0 aliphatic rings. The number of hydrogen-bond acceptors (Lipinski definition) is 6.